The van der Waals surface area contributed by atoms with Gasteiger partial charge in [-0.2, -0.15) is 21.1 Å². The van der Waals surface area contributed by atoms with Crippen molar-refractivity contribution < 1.29 is 0 Å². The first kappa shape index (κ1) is 16.5. The highest BCUT2D eigenvalue weighted by Crippen LogP contribution is 2.03. The van der Waals surface area contributed by atoms with E-state index in [9.17, 15) is 9.81 Å². The van der Waals surface area contributed by atoms with Gasteiger partial charge in [0.15, 0.2) is 0 Å². The third kappa shape index (κ3) is 5.81. The molecule has 0 heterocycles. The number of nitrogens with one attached hydrogen (secondary N) is 2. The van der Waals surface area contributed by atoms with E-state index in [0.717, 1.165) is 21.4 Å². The van der Waals surface area contributed by atoms with Crippen molar-refractivity contribution in [3.05, 3.63) is 81.6 Å². The van der Waals surface area contributed by atoms with Gasteiger partial charge in [0.25, 0.3) is 0 Å². The zero-order valence-corrected chi connectivity index (χ0v) is 12.5. The monoisotopic (exact) mass is 314 g/mol. The molecule has 0 saturated carbocycles. The molecule has 2 aromatic carbocycles. The molecule has 0 bridgehead atoms. The number of hydrazine groups is 2. The largest absolute Gasteiger partial charge is 0.199 e. The van der Waals surface area contributed by atoms with Gasteiger partial charge in [0.1, 0.15) is 0 Å². The normalized spacial score (nSPS) is 10.1. The van der Waals surface area contributed by atoms with Crippen LogP contribution in [0.4, 0.5) is 0 Å². The first-order chi connectivity index (χ1) is 11.3. The van der Waals surface area contributed by atoms with Gasteiger partial charge in [-0.25, -0.2) is 0 Å². The molecule has 0 amide bonds. The lowest BCUT2D eigenvalue weighted by Gasteiger charge is -2.20. The second-order valence-electron chi connectivity index (χ2n) is 4.74. The summed E-state index contributed by atoms with van der Waals surface area (Å²) in [7, 11) is 0. The van der Waals surface area contributed by atoms with Crippen LogP contribution in [0.3, 0.4) is 0 Å². The molecule has 0 fully saturated rings. The molecule has 2 N–H and O–H groups in total. The Kier molecular flexibility index (Phi) is 6.64. The second kappa shape index (κ2) is 9.23. The van der Waals surface area contributed by atoms with Gasteiger partial charge >= 0.3 is 0 Å². The van der Waals surface area contributed by atoms with Crippen molar-refractivity contribution in [1.29, 1.82) is 0 Å². The molecule has 2 rings (SSSR count). The molecule has 0 spiro atoms. The zero-order chi connectivity index (χ0) is 16.3. The molecule has 120 valence electrons. The van der Waals surface area contributed by atoms with Crippen molar-refractivity contribution in [1.82, 2.24) is 21.1 Å². The third-order valence-corrected chi connectivity index (χ3v) is 3.07. The average molecular weight is 314 g/mol. The lowest BCUT2D eigenvalue weighted by atomic mass is 10.2. The molecule has 0 unspecified atom stereocenters. The van der Waals surface area contributed by atoms with Crippen molar-refractivity contribution in [2.24, 2.45) is 10.6 Å². The molecule has 0 atom stereocenters. The fourth-order valence-electron chi connectivity index (χ4n) is 1.96. The number of nitrogens with zero attached hydrogens (tertiary/aromatic N) is 4. The fourth-order valence-corrected chi connectivity index (χ4v) is 1.96. The Hall–Kier alpha value is -2.84. The quantitative estimate of drug-likeness (QED) is 0.397. The molecule has 0 aromatic heterocycles. The highest BCUT2D eigenvalue weighted by molar-refractivity contribution is 5.14. The first-order valence-corrected chi connectivity index (χ1v) is 7.08. The summed E-state index contributed by atoms with van der Waals surface area (Å²) in [5.74, 6) is 0. The van der Waals surface area contributed by atoms with Crippen molar-refractivity contribution in [3.8, 4) is 0 Å². The smallest absolute Gasteiger partial charge is 0.0854 e. The molecule has 0 aliphatic rings. The minimum absolute atomic E-state index is 0.136. The summed E-state index contributed by atoms with van der Waals surface area (Å²) < 4.78 is 0. The minimum atomic E-state index is 0.136. The summed E-state index contributed by atoms with van der Waals surface area (Å²) in [5, 5.41) is 8.08. The maximum Gasteiger partial charge on any atom is 0.0854 e. The number of hydrogen-bond donors (Lipinski definition) is 2. The number of nitroso groups, excluding NO2 is 2. The van der Waals surface area contributed by atoms with Crippen LogP contribution in [0.5, 0.6) is 0 Å². The first-order valence-electron chi connectivity index (χ1n) is 7.08. The van der Waals surface area contributed by atoms with E-state index in [2.05, 4.69) is 21.4 Å². The van der Waals surface area contributed by atoms with Gasteiger partial charge in [0.2, 0.25) is 0 Å². The molecule has 0 saturated heterocycles. The van der Waals surface area contributed by atoms with Gasteiger partial charge < -0.3 is 0 Å². The molecule has 0 aliphatic carbocycles. The Morgan fingerprint density at radius 2 is 1.09 bits per heavy atom. The van der Waals surface area contributed by atoms with Gasteiger partial charge in [0, 0.05) is 0 Å². The lowest BCUT2D eigenvalue weighted by molar-refractivity contribution is 0.116. The van der Waals surface area contributed by atoms with Crippen LogP contribution in [0.2, 0.25) is 0 Å². The molecule has 2 aromatic rings. The summed E-state index contributed by atoms with van der Waals surface area (Å²) in [5.41, 5.74) is 7.42. The van der Waals surface area contributed by atoms with Gasteiger partial charge in [-0.3, -0.25) is 0 Å². The highest BCUT2D eigenvalue weighted by Gasteiger charge is 2.06. The molecule has 0 aliphatic heterocycles. The van der Waals surface area contributed by atoms with Crippen molar-refractivity contribution in [2.75, 3.05) is 6.67 Å². The van der Waals surface area contributed by atoms with Crippen LogP contribution in [-0.2, 0) is 13.1 Å². The van der Waals surface area contributed by atoms with Gasteiger partial charge in [-0.1, -0.05) is 60.7 Å². The van der Waals surface area contributed by atoms with Crippen molar-refractivity contribution in [3.63, 3.8) is 0 Å². The summed E-state index contributed by atoms with van der Waals surface area (Å²) in [6.07, 6.45) is 0. The minimum Gasteiger partial charge on any atom is -0.199 e. The maximum atomic E-state index is 10.8. The molecule has 8 heteroatoms. The van der Waals surface area contributed by atoms with E-state index >= 15 is 0 Å². The predicted molar refractivity (Wildman–Crippen MR) is 86.7 cm³/mol. The van der Waals surface area contributed by atoms with E-state index in [0.29, 0.717) is 13.1 Å². The standard InChI is InChI=1S/C15H18N6O2/c22-18-20(11-14-7-3-1-4-8-14)16-13-17-21(19-23)12-15-9-5-2-6-10-15/h1-10,16-17H,11-13H2. The summed E-state index contributed by atoms with van der Waals surface area (Å²) >= 11 is 0. The lowest BCUT2D eigenvalue weighted by Crippen LogP contribution is -2.44. The van der Waals surface area contributed by atoms with E-state index in [1.165, 1.54) is 0 Å². The maximum absolute atomic E-state index is 10.8. The Bertz CT molecular complexity index is 542. The van der Waals surface area contributed by atoms with Crippen LogP contribution in [-0.4, -0.2) is 16.9 Å². The molecular weight excluding hydrogens is 296 g/mol. The van der Waals surface area contributed by atoms with Crippen LogP contribution >= 0.6 is 0 Å². The molecule has 0 radical (unpaired) electrons. The Morgan fingerprint density at radius 1 is 0.696 bits per heavy atom. The number of rotatable bonds is 10. The SMILES string of the molecule is O=NN(Cc1ccccc1)NCNN(Cc1ccccc1)N=O. The van der Waals surface area contributed by atoms with Crippen LogP contribution in [0.25, 0.3) is 0 Å². The predicted octanol–water partition coefficient (Wildman–Crippen LogP) is 2.32. The van der Waals surface area contributed by atoms with Crippen LogP contribution < -0.4 is 10.9 Å². The van der Waals surface area contributed by atoms with Gasteiger partial charge in [0.05, 0.1) is 30.3 Å². The number of hydrogen-bond acceptors (Lipinski definition) is 6. The number of benzene rings is 2. The van der Waals surface area contributed by atoms with E-state index in [1.807, 2.05) is 60.7 Å². The van der Waals surface area contributed by atoms with Gasteiger partial charge in [-0.15, -0.1) is 9.81 Å². The van der Waals surface area contributed by atoms with E-state index in [-0.39, 0.29) is 6.67 Å². The van der Waals surface area contributed by atoms with E-state index in [1.54, 1.807) is 0 Å². The van der Waals surface area contributed by atoms with Crippen molar-refractivity contribution in [2.45, 2.75) is 13.1 Å². The van der Waals surface area contributed by atoms with Crippen LogP contribution in [0, 0.1) is 9.81 Å². The van der Waals surface area contributed by atoms with E-state index < -0.39 is 0 Å². The Morgan fingerprint density at radius 3 is 1.43 bits per heavy atom. The van der Waals surface area contributed by atoms with E-state index in [4.69, 9.17) is 0 Å². The zero-order valence-electron chi connectivity index (χ0n) is 12.5. The average Bonchev–Trinajstić information content (AvgIpc) is 2.61. The molecular formula is C15H18N6O2. The van der Waals surface area contributed by atoms with Gasteiger partial charge in [-0.05, 0) is 11.1 Å². The van der Waals surface area contributed by atoms with Crippen LogP contribution in [0.15, 0.2) is 71.2 Å². The topological polar surface area (TPSA) is 89.4 Å². The molecule has 23 heavy (non-hydrogen) atoms. The summed E-state index contributed by atoms with van der Waals surface area (Å²) in [6, 6.07) is 18.9. The Labute approximate surface area is 133 Å². The summed E-state index contributed by atoms with van der Waals surface area (Å²) in [4.78, 5) is 21.7. The van der Waals surface area contributed by atoms with Crippen LogP contribution in [0.1, 0.15) is 11.1 Å². The highest BCUT2D eigenvalue weighted by atomic mass is 16.3. The molecule has 8 nitrogen and oxygen atoms in total. The fraction of sp³-hybridized carbons (Fsp3) is 0.200. The second-order valence-corrected chi connectivity index (χ2v) is 4.74. The van der Waals surface area contributed by atoms with Crippen molar-refractivity contribution >= 4 is 0 Å². The Balaban J connectivity index is 1.77. The third-order valence-electron chi connectivity index (χ3n) is 3.07. The summed E-state index contributed by atoms with van der Waals surface area (Å²) in [6.45, 7) is 0.773.